The van der Waals surface area contributed by atoms with Crippen LogP contribution in [0.3, 0.4) is 0 Å². The number of rotatable bonds is 13. The molecule has 1 aliphatic carbocycles. The molecule has 11 heteroatoms. The lowest BCUT2D eigenvalue weighted by atomic mass is 9.98. The first-order valence-electron chi connectivity index (χ1n) is 14.7. The van der Waals surface area contributed by atoms with Crippen LogP contribution in [0.25, 0.3) is 0 Å². The van der Waals surface area contributed by atoms with E-state index in [4.69, 9.17) is 18.9 Å². The minimum atomic E-state index is -1.69. The maximum absolute atomic E-state index is 11.9. The van der Waals surface area contributed by atoms with Crippen molar-refractivity contribution in [2.75, 3.05) is 44.3 Å². The molecule has 42 heavy (non-hydrogen) atoms. The minimum Gasteiger partial charge on any atom is -0.491 e. The fourth-order valence-electron chi connectivity index (χ4n) is 5.12. The Morgan fingerprint density at radius 1 is 0.881 bits per heavy atom. The second-order valence-corrected chi connectivity index (χ2v) is 10.6. The molecule has 4 atom stereocenters. The summed E-state index contributed by atoms with van der Waals surface area (Å²) in [7, 11) is 0. The lowest BCUT2D eigenvalue weighted by Gasteiger charge is -2.35. The molecule has 2 aliphatic rings. The number of aliphatic hydroxyl groups excluding tert-OH is 3. The SMILES string of the molecule is CCOC(=O)N1CCN(c2ccc(OC[C@@H](O)[C@@H](O)[C@H](O)[C@H](C=O)Oc3ccc(OC4CCCCC4)cc3)cc2)CC1. The maximum Gasteiger partial charge on any atom is 0.409 e. The number of aliphatic hydroxyl groups is 3. The number of benzene rings is 2. The molecule has 1 saturated carbocycles. The molecule has 3 N–H and O–H groups in total. The number of ether oxygens (including phenoxy) is 4. The van der Waals surface area contributed by atoms with Gasteiger partial charge in [0.1, 0.15) is 42.2 Å². The van der Waals surface area contributed by atoms with Gasteiger partial charge in [-0.2, -0.15) is 0 Å². The molecule has 1 heterocycles. The fraction of sp³-hybridized carbons (Fsp3) is 0.548. The lowest BCUT2D eigenvalue weighted by molar-refractivity contribution is -0.132. The average Bonchev–Trinajstić information content (AvgIpc) is 3.03. The number of nitrogens with zero attached hydrogens (tertiary/aromatic N) is 2. The van der Waals surface area contributed by atoms with Crippen LogP contribution in [-0.2, 0) is 9.53 Å². The van der Waals surface area contributed by atoms with Crippen LogP contribution in [0.1, 0.15) is 39.0 Å². The van der Waals surface area contributed by atoms with E-state index in [9.17, 15) is 24.9 Å². The molecule has 2 aromatic rings. The summed E-state index contributed by atoms with van der Waals surface area (Å²) in [6.07, 6.45) is -0.340. The molecule has 0 spiro atoms. The zero-order valence-electron chi connectivity index (χ0n) is 24.0. The molecular weight excluding hydrogens is 544 g/mol. The van der Waals surface area contributed by atoms with Gasteiger partial charge in [0.25, 0.3) is 0 Å². The minimum absolute atomic E-state index is 0.201. The van der Waals surface area contributed by atoms with Crippen LogP contribution < -0.4 is 19.1 Å². The van der Waals surface area contributed by atoms with Gasteiger partial charge in [0, 0.05) is 31.9 Å². The van der Waals surface area contributed by atoms with Crippen molar-refractivity contribution in [3.8, 4) is 17.2 Å². The Kier molecular flexibility index (Phi) is 11.7. The highest BCUT2D eigenvalue weighted by Gasteiger charge is 2.33. The Hall–Kier alpha value is -3.54. The molecule has 1 amide bonds. The number of hydrogen-bond donors (Lipinski definition) is 3. The lowest BCUT2D eigenvalue weighted by Crippen LogP contribution is -2.49. The van der Waals surface area contributed by atoms with Gasteiger partial charge in [-0.05, 0) is 81.1 Å². The topological polar surface area (TPSA) is 138 Å². The van der Waals surface area contributed by atoms with E-state index in [1.807, 2.05) is 12.1 Å². The van der Waals surface area contributed by atoms with Crippen LogP contribution in [0, 0.1) is 0 Å². The first-order valence-corrected chi connectivity index (χ1v) is 14.7. The van der Waals surface area contributed by atoms with Crippen LogP contribution in [0.15, 0.2) is 48.5 Å². The van der Waals surface area contributed by atoms with Gasteiger partial charge in [-0.1, -0.05) is 6.42 Å². The summed E-state index contributed by atoms with van der Waals surface area (Å²) in [4.78, 5) is 27.4. The molecule has 2 fully saturated rings. The second kappa shape index (κ2) is 15.6. The van der Waals surface area contributed by atoms with Crippen molar-refractivity contribution >= 4 is 18.1 Å². The quantitative estimate of drug-likeness (QED) is 0.301. The number of anilines is 1. The van der Waals surface area contributed by atoms with Crippen molar-refractivity contribution in [3.63, 3.8) is 0 Å². The van der Waals surface area contributed by atoms with Crippen molar-refractivity contribution < 1.29 is 43.9 Å². The van der Waals surface area contributed by atoms with Gasteiger partial charge >= 0.3 is 6.09 Å². The summed E-state index contributed by atoms with van der Waals surface area (Å²) in [6, 6.07) is 14.0. The van der Waals surface area contributed by atoms with Gasteiger partial charge in [0.2, 0.25) is 0 Å². The zero-order chi connectivity index (χ0) is 29.9. The second-order valence-electron chi connectivity index (χ2n) is 10.6. The van der Waals surface area contributed by atoms with E-state index < -0.39 is 24.4 Å². The van der Waals surface area contributed by atoms with Gasteiger partial charge in [-0.3, -0.25) is 4.79 Å². The van der Waals surface area contributed by atoms with E-state index in [-0.39, 0.29) is 18.8 Å². The first-order chi connectivity index (χ1) is 20.4. The Bertz CT molecular complexity index is 1100. The molecule has 0 radical (unpaired) electrons. The number of carbonyl (C=O) groups excluding carboxylic acids is 2. The zero-order valence-corrected chi connectivity index (χ0v) is 24.0. The smallest absolute Gasteiger partial charge is 0.409 e. The van der Waals surface area contributed by atoms with E-state index in [0.717, 1.165) is 31.4 Å². The van der Waals surface area contributed by atoms with Crippen LogP contribution in [0.4, 0.5) is 10.5 Å². The van der Waals surface area contributed by atoms with Crippen molar-refractivity contribution in [1.29, 1.82) is 0 Å². The summed E-state index contributed by atoms with van der Waals surface area (Å²) in [5, 5.41) is 31.5. The Labute approximate surface area is 246 Å². The van der Waals surface area contributed by atoms with Crippen LogP contribution in [-0.4, -0.2) is 103 Å². The molecule has 1 saturated heterocycles. The molecule has 0 bridgehead atoms. The van der Waals surface area contributed by atoms with Crippen LogP contribution in [0.2, 0.25) is 0 Å². The predicted molar refractivity (Wildman–Crippen MR) is 155 cm³/mol. The van der Waals surface area contributed by atoms with E-state index >= 15 is 0 Å². The van der Waals surface area contributed by atoms with Gasteiger partial charge in [-0.25, -0.2) is 4.79 Å². The van der Waals surface area contributed by atoms with Crippen molar-refractivity contribution in [2.45, 2.75) is 69.5 Å². The summed E-state index contributed by atoms with van der Waals surface area (Å²) < 4.78 is 22.3. The Balaban J connectivity index is 1.21. The molecule has 4 rings (SSSR count). The monoisotopic (exact) mass is 586 g/mol. The number of piperazine rings is 1. The highest BCUT2D eigenvalue weighted by atomic mass is 16.6. The summed E-state index contributed by atoms with van der Waals surface area (Å²) in [5.74, 6) is 1.49. The molecule has 0 aromatic heterocycles. The molecule has 2 aromatic carbocycles. The Morgan fingerprint density at radius 3 is 2.12 bits per heavy atom. The molecule has 11 nitrogen and oxygen atoms in total. The first kappa shape index (κ1) is 31.4. The number of hydrogen-bond acceptors (Lipinski definition) is 10. The van der Waals surface area contributed by atoms with Gasteiger partial charge in [0.15, 0.2) is 12.4 Å². The third kappa shape index (κ3) is 8.73. The predicted octanol–water partition coefficient (Wildman–Crippen LogP) is 2.78. The standard InChI is InChI=1S/C31H42N2O9/c1-2-39-31(38)33-18-16-32(17-19-33)22-8-10-23(11-9-22)40-21-27(35)29(36)30(37)28(20-34)42-26-14-12-25(13-15-26)41-24-6-4-3-5-7-24/h8-15,20,24,27-30,35-37H,2-7,16-19,21H2,1H3/t27-,28+,29-,30-/m1/s1. The summed E-state index contributed by atoms with van der Waals surface area (Å²) in [6.45, 7) is 4.28. The maximum atomic E-state index is 11.9. The van der Waals surface area contributed by atoms with Crippen LogP contribution >= 0.6 is 0 Å². The fourth-order valence-corrected chi connectivity index (χ4v) is 5.12. The third-order valence-electron chi connectivity index (χ3n) is 7.59. The molecular formula is C31H42N2O9. The number of aldehydes is 1. The highest BCUT2D eigenvalue weighted by molar-refractivity contribution is 5.68. The van der Waals surface area contributed by atoms with Gasteiger partial charge in [0.05, 0.1) is 12.7 Å². The molecule has 1 aliphatic heterocycles. The number of carbonyl (C=O) groups is 2. The van der Waals surface area contributed by atoms with Crippen molar-refractivity contribution in [2.24, 2.45) is 0 Å². The van der Waals surface area contributed by atoms with E-state index in [1.54, 1.807) is 48.2 Å². The van der Waals surface area contributed by atoms with Gasteiger partial charge < -0.3 is 44.1 Å². The normalized spacial score (nSPS) is 18.9. The summed E-state index contributed by atoms with van der Waals surface area (Å²) >= 11 is 0. The van der Waals surface area contributed by atoms with Crippen molar-refractivity contribution in [3.05, 3.63) is 48.5 Å². The number of amides is 1. The van der Waals surface area contributed by atoms with Crippen LogP contribution in [0.5, 0.6) is 17.2 Å². The average molecular weight is 587 g/mol. The van der Waals surface area contributed by atoms with Crippen molar-refractivity contribution in [1.82, 2.24) is 4.90 Å². The third-order valence-corrected chi connectivity index (χ3v) is 7.59. The molecule has 230 valence electrons. The Morgan fingerprint density at radius 2 is 1.50 bits per heavy atom. The van der Waals surface area contributed by atoms with E-state index in [2.05, 4.69) is 4.90 Å². The van der Waals surface area contributed by atoms with E-state index in [1.165, 1.54) is 6.42 Å². The molecule has 0 unspecified atom stereocenters. The van der Waals surface area contributed by atoms with Gasteiger partial charge in [-0.15, -0.1) is 0 Å². The highest BCUT2D eigenvalue weighted by Crippen LogP contribution is 2.26. The van der Waals surface area contributed by atoms with E-state index in [0.29, 0.717) is 56.3 Å². The largest absolute Gasteiger partial charge is 0.491 e. The summed E-state index contributed by atoms with van der Waals surface area (Å²) in [5.41, 5.74) is 0.960.